The third-order valence-corrected chi connectivity index (χ3v) is 6.23. The fourth-order valence-corrected chi connectivity index (χ4v) is 4.42. The number of carbonyl (C=O) groups is 1. The van der Waals surface area contributed by atoms with Gasteiger partial charge in [-0.05, 0) is 42.5 Å². The van der Waals surface area contributed by atoms with Gasteiger partial charge in [-0.2, -0.15) is 0 Å². The average molecular weight is 420 g/mol. The first-order chi connectivity index (χ1) is 15.2. The molecule has 164 valence electrons. The van der Waals surface area contributed by atoms with Crippen LogP contribution in [0.15, 0.2) is 59.6 Å². The van der Waals surface area contributed by atoms with E-state index in [1.54, 1.807) is 7.05 Å². The molecule has 4 rings (SSSR count). The van der Waals surface area contributed by atoms with E-state index >= 15 is 0 Å². The topological polar surface area (TPSA) is 60.0 Å². The molecule has 2 aromatic rings. The SMILES string of the molecule is CN=C(NCCCC(=O)N1Cc2ccccc2C1)NC1CCN(c2ccccc2)CC1. The predicted octanol–water partition coefficient (Wildman–Crippen LogP) is 3.14. The lowest BCUT2D eigenvalue weighted by molar-refractivity contribution is -0.131. The standard InChI is InChI=1S/C25H33N5O/c1-26-25(28-22-13-16-29(17-14-22)23-10-3-2-4-11-23)27-15-7-12-24(31)30-18-20-8-5-6-9-21(20)19-30/h2-6,8-11,22H,7,12-19H2,1H3,(H2,26,27,28). The van der Waals surface area contributed by atoms with Crippen LogP contribution in [0.1, 0.15) is 36.8 Å². The summed E-state index contributed by atoms with van der Waals surface area (Å²) in [4.78, 5) is 21.3. The molecule has 0 aromatic heterocycles. The van der Waals surface area contributed by atoms with Gasteiger partial charge in [0.15, 0.2) is 5.96 Å². The second-order valence-corrected chi connectivity index (χ2v) is 8.36. The molecule has 31 heavy (non-hydrogen) atoms. The monoisotopic (exact) mass is 419 g/mol. The second-order valence-electron chi connectivity index (χ2n) is 8.36. The Labute approximate surface area is 185 Å². The second kappa shape index (κ2) is 10.3. The molecule has 2 aliphatic rings. The van der Waals surface area contributed by atoms with Gasteiger partial charge in [0, 0.05) is 57.9 Å². The first-order valence-electron chi connectivity index (χ1n) is 11.3. The van der Waals surface area contributed by atoms with Crippen molar-refractivity contribution in [1.29, 1.82) is 0 Å². The number of benzene rings is 2. The molecular weight excluding hydrogens is 386 g/mol. The van der Waals surface area contributed by atoms with Crippen LogP contribution in [0, 0.1) is 0 Å². The van der Waals surface area contributed by atoms with Crippen molar-refractivity contribution in [1.82, 2.24) is 15.5 Å². The van der Waals surface area contributed by atoms with Gasteiger partial charge >= 0.3 is 0 Å². The third kappa shape index (κ3) is 5.57. The number of nitrogens with one attached hydrogen (secondary N) is 2. The summed E-state index contributed by atoms with van der Waals surface area (Å²) in [5.74, 6) is 1.06. The molecule has 0 saturated carbocycles. The van der Waals surface area contributed by atoms with E-state index in [1.807, 2.05) is 17.0 Å². The molecule has 1 fully saturated rings. The number of guanidine groups is 1. The molecule has 1 amide bonds. The molecule has 0 radical (unpaired) electrons. The van der Waals surface area contributed by atoms with Crippen molar-refractivity contribution in [2.75, 3.05) is 31.6 Å². The van der Waals surface area contributed by atoms with E-state index in [-0.39, 0.29) is 5.91 Å². The summed E-state index contributed by atoms with van der Waals surface area (Å²) in [7, 11) is 1.81. The van der Waals surface area contributed by atoms with Crippen molar-refractivity contribution in [3.63, 3.8) is 0 Å². The molecule has 0 spiro atoms. The maximum absolute atomic E-state index is 12.5. The van der Waals surface area contributed by atoms with Gasteiger partial charge in [0.2, 0.25) is 5.91 Å². The lowest BCUT2D eigenvalue weighted by Gasteiger charge is -2.34. The number of aliphatic imine (C=N–C) groups is 1. The summed E-state index contributed by atoms with van der Waals surface area (Å²) in [6.07, 6.45) is 3.54. The molecule has 0 bridgehead atoms. The van der Waals surface area contributed by atoms with Gasteiger partial charge in [0.1, 0.15) is 0 Å². The normalized spacial score (nSPS) is 16.9. The number of anilines is 1. The van der Waals surface area contributed by atoms with Crippen LogP contribution in [0.2, 0.25) is 0 Å². The molecule has 0 aliphatic carbocycles. The van der Waals surface area contributed by atoms with Gasteiger partial charge in [0.05, 0.1) is 0 Å². The first-order valence-corrected chi connectivity index (χ1v) is 11.3. The molecule has 6 heteroatoms. The van der Waals surface area contributed by atoms with Crippen LogP contribution >= 0.6 is 0 Å². The Hall–Kier alpha value is -3.02. The van der Waals surface area contributed by atoms with Crippen LogP contribution < -0.4 is 15.5 Å². The molecular formula is C25H33N5O. The van der Waals surface area contributed by atoms with Crippen LogP contribution in [-0.2, 0) is 17.9 Å². The minimum atomic E-state index is 0.231. The van der Waals surface area contributed by atoms with Gasteiger partial charge in [0.25, 0.3) is 0 Å². The molecule has 1 saturated heterocycles. The summed E-state index contributed by atoms with van der Waals surface area (Å²) < 4.78 is 0. The summed E-state index contributed by atoms with van der Waals surface area (Å²) in [5, 5.41) is 6.93. The number of nitrogens with zero attached hydrogens (tertiary/aromatic N) is 3. The summed E-state index contributed by atoms with van der Waals surface area (Å²) >= 11 is 0. The Morgan fingerprint density at radius 3 is 2.29 bits per heavy atom. The van der Waals surface area contributed by atoms with E-state index in [0.717, 1.165) is 57.9 Å². The number of piperidine rings is 1. The molecule has 2 N–H and O–H groups in total. The fraction of sp³-hybridized carbons (Fsp3) is 0.440. The van der Waals surface area contributed by atoms with E-state index in [1.165, 1.54) is 16.8 Å². The van der Waals surface area contributed by atoms with E-state index < -0.39 is 0 Å². The summed E-state index contributed by atoms with van der Waals surface area (Å²) in [6, 6.07) is 19.3. The Kier molecular flexibility index (Phi) is 7.07. The van der Waals surface area contributed by atoms with Crippen molar-refractivity contribution in [3.8, 4) is 0 Å². The molecule has 2 heterocycles. The lowest BCUT2D eigenvalue weighted by Crippen LogP contribution is -2.49. The van der Waals surface area contributed by atoms with E-state index in [2.05, 4.69) is 63.0 Å². The minimum absolute atomic E-state index is 0.231. The maximum Gasteiger partial charge on any atom is 0.223 e. The van der Waals surface area contributed by atoms with Gasteiger partial charge in [-0.25, -0.2) is 0 Å². The Balaban J connectivity index is 1.13. The fourth-order valence-electron chi connectivity index (χ4n) is 4.42. The highest BCUT2D eigenvalue weighted by atomic mass is 16.2. The van der Waals surface area contributed by atoms with Crippen LogP contribution in [0.3, 0.4) is 0 Å². The zero-order valence-electron chi connectivity index (χ0n) is 18.4. The Bertz CT molecular complexity index is 865. The smallest absolute Gasteiger partial charge is 0.223 e. The Morgan fingerprint density at radius 2 is 1.65 bits per heavy atom. The number of rotatable bonds is 6. The maximum atomic E-state index is 12.5. The van der Waals surface area contributed by atoms with E-state index in [4.69, 9.17) is 0 Å². The number of fused-ring (bicyclic) bond motifs is 1. The molecule has 0 unspecified atom stereocenters. The van der Waals surface area contributed by atoms with Gasteiger partial charge in [-0.15, -0.1) is 0 Å². The lowest BCUT2D eigenvalue weighted by atomic mass is 10.0. The Morgan fingerprint density at radius 1 is 1.00 bits per heavy atom. The van der Waals surface area contributed by atoms with E-state index in [9.17, 15) is 4.79 Å². The average Bonchev–Trinajstić information content (AvgIpc) is 3.26. The zero-order valence-corrected chi connectivity index (χ0v) is 18.4. The van der Waals surface area contributed by atoms with Crippen LogP contribution in [-0.4, -0.2) is 49.5 Å². The number of carbonyl (C=O) groups excluding carboxylic acids is 1. The van der Waals surface area contributed by atoms with Crippen LogP contribution in [0.4, 0.5) is 5.69 Å². The highest BCUT2D eigenvalue weighted by molar-refractivity contribution is 5.80. The molecule has 2 aliphatic heterocycles. The highest BCUT2D eigenvalue weighted by Crippen LogP contribution is 2.23. The zero-order chi connectivity index (χ0) is 21.5. The van der Waals surface area contributed by atoms with Crippen molar-refractivity contribution in [3.05, 3.63) is 65.7 Å². The quantitative estimate of drug-likeness (QED) is 0.429. The van der Waals surface area contributed by atoms with Gasteiger partial charge < -0.3 is 20.4 Å². The van der Waals surface area contributed by atoms with Crippen molar-refractivity contribution in [2.24, 2.45) is 4.99 Å². The molecule has 6 nitrogen and oxygen atoms in total. The number of hydrogen-bond donors (Lipinski definition) is 2. The van der Waals surface area contributed by atoms with Gasteiger partial charge in [-0.1, -0.05) is 42.5 Å². The van der Waals surface area contributed by atoms with Crippen molar-refractivity contribution >= 4 is 17.6 Å². The number of para-hydroxylation sites is 1. The predicted molar refractivity (Wildman–Crippen MR) is 126 cm³/mol. The largest absolute Gasteiger partial charge is 0.371 e. The third-order valence-electron chi connectivity index (χ3n) is 6.23. The van der Waals surface area contributed by atoms with Crippen molar-refractivity contribution < 1.29 is 4.79 Å². The van der Waals surface area contributed by atoms with Crippen molar-refractivity contribution in [2.45, 2.75) is 44.8 Å². The van der Waals surface area contributed by atoms with Crippen LogP contribution in [0.25, 0.3) is 0 Å². The molecule has 0 atom stereocenters. The summed E-state index contributed by atoms with van der Waals surface area (Å²) in [6.45, 7) is 4.33. The summed E-state index contributed by atoms with van der Waals surface area (Å²) in [5.41, 5.74) is 3.85. The first kappa shape index (κ1) is 21.2. The van der Waals surface area contributed by atoms with Gasteiger partial charge in [-0.3, -0.25) is 9.79 Å². The number of amides is 1. The highest BCUT2D eigenvalue weighted by Gasteiger charge is 2.22. The number of hydrogen-bond acceptors (Lipinski definition) is 3. The molecule has 2 aromatic carbocycles. The van der Waals surface area contributed by atoms with Crippen LogP contribution in [0.5, 0.6) is 0 Å². The van der Waals surface area contributed by atoms with E-state index in [0.29, 0.717) is 12.5 Å². The minimum Gasteiger partial charge on any atom is -0.371 e.